The minimum absolute atomic E-state index is 0.254. The van der Waals surface area contributed by atoms with Crippen LogP contribution in [0.4, 0.5) is 0 Å². The average molecular weight is 289 g/mol. The highest BCUT2D eigenvalue weighted by atomic mass is 16.1. The second kappa shape index (κ2) is 12.4. The number of hydrogen-bond acceptors (Lipinski definition) is 1. The molecule has 2 nitrogen and oxygen atoms in total. The van der Waals surface area contributed by atoms with E-state index in [0.717, 1.165) is 25.8 Å². The zero-order valence-corrected chi connectivity index (χ0v) is 13.6. The van der Waals surface area contributed by atoms with Crippen molar-refractivity contribution >= 4 is 5.91 Å². The molecule has 1 aliphatic heterocycles. The Kier molecular flexibility index (Phi) is 10.5. The van der Waals surface area contributed by atoms with E-state index in [0.29, 0.717) is 0 Å². The molecule has 0 unspecified atom stereocenters. The van der Waals surface area contributed by atoms with Crippen LogP contribution in [0.1, 0.15) is 69.8 Å². The van der Waals surface area contributed by atoms with Crippen molar-refractivity contribution in [3.63, 3.8) is 0 Å². The molecule has 0 spiro atoms. The van der Waals surface area contributed by atoms with Crippen molar-refractivity contribution in [2.24, 2.45) is 0 Å². The number of hydrogen-bond donors (Lipinski definition) is 1. The van der Waals surface area contributed by atoms with Crippen molar-refractivity contribution < 1.29 is 4.79 Å². The minimum atomic E-state index is 0.254. The van der Waals surface area contributed by atoms with Gasteiger partial charge in [0.15, 0.2) is 0 Å². The molecule has 0 aromatic heterocycles. The molecule has 0 atom stereocenters. The van der Waals surface area contributed by atoms with E-state index < -0.39 is 0 Å². The molecule has 1 saturated heterocycles. The Bertz CT molecular complexity index is 345. The number of carbonyl (C=O) groups excluding carboxylic acids is 1. The van der Waals surface area contributed by atoms with E-state index >= 15 is 0 Å². The van der Waals surface area contributed by atoms with Gasteiger partial charge in [-0.15, -0.1) is 0 Å². The fourth-order valence-corrected chi connectivity index (χ4v) is 2.50. The molecule has 0 saturated carbocycles. The molecule has 21 heavy (non-hydrogen) atoms. The molecule has 0 bridgehead atoms. The maximum absolute atomic E-state index is 11.3. The molecule has 1 amide bonds. The minimum Gasteiger partial charge on any atom is -0.356 e. The molecule has 2 rings (SSSR count). The number of amides is 1. The Balaban J connectivity index is 0.000000262. The molecule has 1 heterocycles. The molecule has 1 N–H and O–H groups in total. The van der Waals surface area contributed by atoms with Crippen LogP contribution in [0, 0.1) is 6.92 Å². The summed E-state index contributed by atoms with van der Waals surface area (Å²) in [6.45, 7) is 2.97. The van der Waals surface area contributed by atoms with Crippen LogP contribution in [-0.2, 0) is 4.79 Å². The normalized spacial score (nSPS) is 18.0. The monoisotopic (exact) mass is 289 g/mol. The van der Waals surface area contributed by atoms with Gasteiger partial charge in [0.2, 0.25) is 5.91 Å². The van der Waals surface area contributed by atoms with E-state index in [1.54, 1.807) is 0 Å². The first-order valence-electron chi connectivity index (χ1n) is 8.57. The summed E-state index contributed by atoms with van der Waals surface area (Å²) in [6, 6.07) is 10.3. The summed E-state index contributed by atoms with van der Waals surface area (Å²) in [5, 5.41) is 2.98. The Morgan fingerprint density at radius 2 is 1.29 bits per heavy atom. The third-order valence-corrected chi connectivity index (χ3v) is 3.84. The van der Waals surface area contributed by atoms with Crippen molar-refractivity contribution in [1.29, 1.82) is 0 Å². The first kappa shape index (κ1) is 17.7. The van der Waals surface area contributed by atoms with Gasteiger partial charge in [-0.1, -0.05) is 80.8 Å². The van der Waals surface area contributed by atoms with Crippen LogP contribution in [0.2, 0.25) is 0 Å². The quantitative estimate of drug-likeness (QED) is 0.714. The molecule has 1 aromatic rings. The predicted octanol–water partition coefficient (Wildman–Crippen LogP) is 5.01. The molecule has 1 fully saturated rings. The fraction of sp³-hybridized carbons (Fsp3) is 0.632. The Hall–Kier alpha value is -1.31. The topological polar surface area (TPSA) is 29.1 Å². The number of nitrogens with one attached hydrogen (secondary N) is 1. The van der Waals surface area contributed by atoms with Gasteiger partial charge >= 0.3 is 0 Å². The van der Waals surface area contributed by atoms with Crippen LogP contribution in [0.25, 0.3) is 0 Å². The van der Waals surface area contributed by atoms with Crippen molar-refractivity contribution in [3.8, 4) is 0 Å². The average Bonchev–Trinajstić information content (AvgIpc) is 2.51. The van der Waals surface area contributed by atoms with Gasteiger partial charge in [0, 0.05) is 13.0 Å². The van der Waals surface area contributed by atoms with Crippen LogP contribution >= 0.6 is 0 Å². The van der Waals surface area contributed by atoms with Crippen molar-refractivity contribution in [2.75, 3.05) is 6.54 Å². The van der Waals surface area contributed by atoms with Crippen LogP contribution in [0.5, 0.6) is 0 Å². The van der Waals surface area contributed by atoms with Crippen molar-refractivity contribution in [1.82, 2.24) is 5.32 Å². The Morgan fingerprint density at radius 3 is 1.81 bits per heavy atom. The lowest BCUT2D eigenvalue weighted by molar-refractivity contribution is -0.121. The molecular weight excluding hydrogens is 258 g/mol. The predicted molar refractivity (Wildman–Crippen MR) is 90.4 cm³/mol. The molecular formula is C19H31NO. The van der Waals surface area contributed by atoms with Crippen LogP contribution < -0.4 is 5.32 Å². The third-order valence-electron chi connectivity index (χ3n) is 3.84. The molecule has 1 aromatic carbocycles. The molecule has 0 aliphatic carbocycles. The van der Waals surface area contributed by atoms with Gasteiger partial charge in [-0.25, -0.2) is 0 Å². The SMILES string of the molecule is Cc1ccccc1.O=C1CCCCCCCCCCCN1. The highest BCUT2D eigenvalue weighted by Crippen LogP contribution is 2.11. The Morgan fingerprint density at radius 1 is 0.762 bits per heavy atom. The van der Waals surface area contributed by atoms with E-state index in [1.165, 1.54) is 50.5 Å². The standard InChI is InChI=1S/C12H23NO.C7H8/c14-12-10-8-6-4-2-1-3-5-7-9-11-13-12;1-7-5-3-2-4-6-7/h1-11H2,(H,13,14);2-6H,1H3. The number of rotatable bonds is 0. The largest absolute Gasteiger partial charge is 0.356 e. The van der Waals surface area contributed by atoms with E-state index in [-0.39, 0.29) is 5.91 Å². The smallest absolute Gasteiger partial charge is 0.219 e. The summed E-state index contributed by atoms with van der Waals surface area (Å²) < 4.78 is 0. The molecule has 2 heteroatoms. The lowest BCUT2D eigenvalue weighted by Gasteiger charge is -2.03. The summed E-state index contributed by atoms with van der Waals surface area (Å²) in [4.78, 5) is 11.3. The van der Waals surface area contributed by atoms with Crippen LogP contribution in [0.15, 0.2) is 30.3 Å². The van der Waals surface area contributed by atoms with Crippen molar-refractivity contribution in [2.45, 2.75) is 71.1 Å². The summed E-state index contributed by atoms with van der Waals surface area (Å²) >= 11 is 0. The van der Waals surface area contributed by atoms with Gasteiger partial charge in [-0.3, -0.25) is 4.79 Å². The van der Waals surface area contributed by atoms with E-state index in [9.17, 15) is 4.79 Å². The zero-order chi connectivity index (χ0) is 15.2. The third kappa shape index (κ3) is 11.1. The summed E-state index contributed by atoms with van der Waals surface area (Å²) in [6.07, 6.45) is 12.3. The lowest BCUT2D eigenvalue weighted by Crippen LogP contribution is -2.23. The van der Waals surface area contributed by atoms with Crippen LogP contribution in [-0.4, -0.2) is 12.5 Å². The maximum Gasteiger partial charge on any atom is 0.219 e. The van der Waals surface area contributed by atoms with Crippen molar-refractivity contribution in [3.05, 3.63) is 35.9 Å². The summed E-state index contributed by atoms with van der Waals surface area (Å²) in [7, 11) is 0. The lowest BCUT2D eigenvalue weighted by atomic mass is 10.1. The van der Waals surface area contributed by atoms with Gasteiger partial charge in [0.1, 0.15) is 0 Å². The molecule has 1 aliphatic rings. The van der Waals surface area contributed by atoms with E-state index in [2.05, 4.69) is 24.4 Å². The number of benzene rings is 1. The highest BCUT2D eigenvalue weighted by Gasteiger charge is 2.01. The fourth-order valence-electron chi connectivity index (χ4n) is 2.50. The maximum atomic E-state index is 11.3. The molecule has 0 radical (unpaired) electrons. The summed E-state index contributed by atoms with van der Waals surface area (Å²) in [5.74, 6) is 0.254. The highest BCUT2D eigenvalue weighted by molar-refractivity contribution is 5.75. The molecule has 118 valence electrons. The van der Waals surface area contributed by atoms with E-state index in [1.807, 2.05) is 18.2 Å². The van der Waals surface area contributed by atoms with E-state index in [4.69, 9.17) is 0 Å². The summed E-state index contributed by atoms with van der Waals surface area (Å²) in [5.41, 5.74) is 1.32. The zero-order valence-electron chi connectivity index (χ0n) is 13.6. The number of carbonyl (C=O) groups is 1. The van der Waals surface area contributed by atoms with Gasteiger partial charge in [0.25, 0.3) is 0 Å². The van der Waals surface area contributed by atoms with Gasteiger partial charge < -0.3 is 5.32 Å². The van der Waals surface area contributed by atoms with Gasteiger partial charge in [-0.05, 0) is 19.8 Å². The second-order valence-electron chi connectivity index (χ2n) is 5.94. The first-order valence-corrected chi connectivity index (χ1v) is 8.57. The first-order chi connectivity index (χ1) is 10.3. The number of aryl methyl sites for hydroxylation is 1. The Labute approximate surface area is 130 Å². The van der Waals surface area contributed by atoms with Gasteiger partial charge in [0.05, 0.1) is 0 Å². The second-order valence-corrected chi connectivity index (χ2v) is 5.94. The van der Waals surface area contributed by atoms with Gasteiger partial charge in [-0.2, -0.15) is 0 Å². The van der Waals surface area contributed by atoms with Crippen LogP contribution in [0.3, 0.4) is 0 Å².